The third-order valence-electron chi connectivity index (χ3n) is 4.14. The topological polar surface area (TPSA) is 76.4 Å². The number of ether oxygens (including phenoxy) is 1. The summed E-state index contributed by atoms with van der Waals surface area (Å²) in [5, 5.41) is 6.69. The number of hydrogen-bond donors (Lipinski definition) is 3. The van der Waals surface area contributed by atoms with Crippen LogP contribution in [0.4, 0.5) is 4.79 Å². The van der Waals surface area contributed by atoms with E-state index >= 15 is 0 Å². The minimum absolute atomic E-state index is 0.182. The summed E-state index contributed by atoms with van der Waals surface area (Å²) in [4.78, 5) is 11.9. The third kappa shape index (κ3) is 4.63. The average Bonchev–Trinajstić information content (AvgIpc) is 2.87. The van der Waals surface area contributed by atoms with Gasteiger partial charge in [0.1, 0.15) is 5.60 Å². The predicted molar refractivity (Wildman–Crippen MR) is 79.5 cm³/mol. The molecule has 2 aliphatic carbocycles. The molecule has 0 aromatic heterocycles. The van der Waals surface area contributed by atoms with E-state index in [9.17, 15) is 4.79 Å². The van der Waals surface area contributed by atoms with Crippen LogP contribution < -0.4 is 16.4 Å². The van der Waals surface area contributed by atoms with Crippen molar-refractivity contribution in [2.75, 3.05) is 0 Å². The van der Waals surface area contributed by atoms with Crippen LogP contribution in [0.2, 0.25) is 0 Å². The van der Waals surface area contributed by atoms with Crippen molar-refractivity contribution >= 4 is 6.09 Å². The van der Waals surface area contributed by atoms with Crippen molar-refractivity contribution < 1.29 is 9.53 Å². The first-order chi connectivity index (χ1) is 9.33. The molecule has 2 saturated carbocycles. The summed E-state index contributed by atoms with van der Waals surface area (Å²) < 4.78 is 5.34. The molecule has 0 aromatic carbocycles. The van der Waals surface area contributed by atoms with Crippen molar-refractivity contribution in [3.8, 4) is 0 Å². The van der Waals surface area contributed by atoms with Crippen LogP contribution in [0.25, 0.3) is 0 Å². The number of hydrogen-bond acceptors (Lipinski definition) is 4. The number of nitrogens with two attached hydrogens (primary N) is 1. The second-order valence-corrected chi connectivity index (χ2v) is 7.23. The van der Waals surface area contributed by atoms with Gasteiger partial charge < -0.3 is 21.1 Å². The Morgan fingerprint density at radius 2 is 1.85 bits per heavy atom. The highest BCUT2D eigenvalue weighted by Gasteiger charge is 2.33. The van der Waals surface area contributed by atoms with Gasteiger partial charge in [-0.2, -0.15) is 0 Å². The van der Waals surface area contributed by atoms with Gasteiger partial charge in [0.25, 0.3) is 0 Å². The summed E-state index contributed by atoms with van der Waals surface area (Å²) in [5.74, 6) is 0. The zero-order valence-corrected chi connectivity index (χ0v) is 12.9. The Balaban J connectivity index is 1.80. The fraction of sp³-hybridized carbons (Fsp3) is 0.933. The molecule has 0 saturated heterocycles. The molecule has 0 aliphatic heterocycles. The van der Waals surface area contributed by atoms with E-state index in [-0.39, 0.29) is 12.1 Å². The maximum atomic E-state index is 11.9. The van der Waals surface area contributed by atoms with Crippen LogP contribution in [0, 0.1) is 0 Å². The Morgan fingerprint density at radius 1 is 1.15 bits per heavy atom. The lowest BCUT2D eigenvalue weighted by Gasteiger charge is -2.27. The fourth-order valence-electron chi connectivity index (χ4n) is 3.26. The summed E-state index contributed by atoms with van der Waals surface area (Å²) >= 11 is 0. The fourth-order valence-corrected chi connectivity index (χ4v) is 3.26. The van der Waals surface area contributed by atoms with E-state index in [1.165, 1.54) is 0 Å². The minimum Gasteiger partial charge on any atom is -0.444 e. The molecule has 0 bridgehead atoms. The lowest BCUT2D eigenvalue weighted by atomic mass is 10.1. The van der Waals surface area contributed by atoms with Crippen LogP contribution >= 0.6 is 0 Å². The number of alkyl carbamates (subject to hydrolysis) is 1. The minimum atomic E-state index is -0.441. The van der Waals surface area contributed by atoms with Crippen LogP contribution in [0.1, 0.15) is 59.3 Å². The van der Waals surface area contributed by atoms with Crippen molar-refractivity contribution in [1.82, 2.24) is 10.6 Å². The number of rotatable bonds is 3. The average molecular weight is 283 g/mol. The highest BCUT2D eigenvalue weighted by Crippen LogP contribution is 2.24. The first kappa shape index (κ1) is 15.6. The molecule has 2 rings (SSSR count). The molecule has 0 spiro atoms. The molecule has 4 atom stereocenters. The highest BCUT2D eigenvalue weighted by molar-refractivity contribution is 5.68. The van der Waals surface area contributed by atoms with Crippen molar-refractivity contribution in [2.24, 2.45) is 5.73 Å². The van der Waals surface area contributed by atoms with Crippen molar-refractivity contribution in [1.29, 1.82) is 0 Å². The van der Waals surface area contributed by atoms with Crippen molar-refractivity contribution in [3.63, 3.8) is 0 Å². The van der Waals surface area contributed by atoms with E-state index in [2.05, 4.69) is 10.6 Å². The van der Waals surface area contributed by atoms with Gasteiger partial charge in [-0.05, 0) is 59.3 Å². The number of nitrogens with one attached hydrogen (secondary N) is 2. The molecule has 4 N–H and O–H groups in total. The van der Waals surface area contributed by atoms with E-state index in [0.29, 0.717) is 18.1 Å². The van der Waals surface area contributed by atoms with Crippen LogP contribution in [0.15, 0.2) is 0 Å². The van der Waals surface area contributed by atoms with E-state index < -0.39 is 5.60 Å². The normalized spacial score (nSPS) is 34.2. The molecular weight excluding hydrogens is 254 g/mol. The Kier molecular flexibility index (Phi) is 4.91. The Labute approximate surface area is 122 Å². The summed E-state index contributed by atoms with van der Waals surface area (Å²) in [5.41, 5.74) is 5.51. The van der Waals surface area contributed by atoms with E-state index in [0.717, 1.165) is 38.5 Å². The van der Waals surface area contributed by atoms with Crippen LogP contribution in [0.3, 0.4) is 0 Å². The number of carbonyl (C=O) groups excluding carboxylic acids is 1. The molecule has 5 heteroatoms. The van der Waals surface area contributed by atoms with Gasteiger partial charge in [-0.1, -0.05) is 0 Å². The van der Waals surface area contributed by atoms with Crippen molar-refractivity contribution in [3.05, 3.63) is 0 Å². The molecule has 116 valence electrons. The molecule has 2 fully saturated rings. The zero-order chi connectivity index (χ0) is 14.8. The molecule has 20 heavy (non-hydrogen) atoms. The first-order valence-electron chi connectivity index (χ1n) is 7.84. The van der Waals surface area contributed by atoms with Gasteiger partial charge in [0.05, 0.1) is 0 Å². The van der Waals surface area contributed by atoms with Gasteiger partial charge in [-0.3, -0.25) is 0 Å². The Morgan fingerprint density at radius 3 is 2.45 bits per heavy atom. The van der Waals surface area contributed by atoms with Gasteiger partial charge in [-0.15, -0.1) is 0 Å². The summed E-state index contributed by atoms with van der Waals surface area (Å²) in [6, 6.07) is 1.39. The maximum absolute atomic E-state index is 11.9. The van der Waals surface area contributed by atoms with E-state index in [1.54, 1.807) is 0 Å². The maximum Gasteiger partial charge on any atom is 0.407 e. The Hall–Kier alpha value is -0.810. The molecule has 2 aliphatic rings. The number of amides is 1. The standard InChI is InChI=1S/C15H29N3O2/c1-15(2,3)20-14(19)18-13-6-4-5-12(13)17-11-8-7-10(16)9-11/h10-13,17H,4-9,16H2,1-3H3,(H,18,19). The molecule has 0 aromatic rings. The second kappa shape index (κ2) is 6.31. The lowest BCUT2D eigenvalue weighted by molar-refractivity contribution is 0.0497. The predicted octanol–water partition coefficient (Wildman–Crippen LogP) is 1.90. The van der Waals surface area contributed by atoms with Crippen LogP contribution in [-0.2, 0) is 4.74 Å². The third-order valence-corrected chi connectivity index (χ3v) is 4.14. The van der Waals surface area contributed by atoms with E-state index in [1.807, 2.05) is 20.8 Å². The molecule has 5 nitrogen and oxygen atoms in total. The quantitative estimate of drug-likeness (QED) is 0.739. The molecule has 1 amide bonds. The summed E-state index contributed by atoms with van der Waals surface area (Å²) in [6.07, 6.45) is 6.29. The molecule has 4 unspecified atom stereocenters. The second-order valence-electron chi connectivity index (χ2n) is 7.23. The van der Waals surface area contributed by atoms with Gasteiger partial charge in [0.2, 0.25) is 0 Å². The highest BCUT2D eigenvalue weighted by atomic mass is 16.6. The van der Waals surface area contributed by atoms with Crippen LogP contribution in [0.5, 0.6) is 0 Å². The number of carbonyl (C=O) groups is 1. The Bertz CT molecular complexity index is 341. The first-order valence-corrected chi connectivity index (χ1v) is 7.84. The van der Waals surface area contributed by atoms with Crippen LogP contribution in [-0.4, -0.2) is 35.9 Å². The monoisotopic (exact) mass is 283 g/mol. The lowest BCUT2D eigenvalue weighted by Crippen LogP contribution is -2.50. The van der Waals surface area contributed by atoms with Crippen molar-refractivity contribution in [2.45, 2.75) is 89.1 Å². The van der Waals surface area contributed by atoms with Gasteiger partial charge in [0, 0.05) is 24.2 Å². The summed E-state index contributed by atoms with van der Waals surface area (Å²) in [7, 11) is 0. The smallest absolute Gasteiger partial charge is 0.407 e. The van der Waals surface area contributed by atoms with E-state index in [4.69, 9.17) is 10.5 Å². The SMILES string of the molecule is CC(C)(C)OC(=O)NC1CCCC1NC1CCC(N)C1. The molecular formula is C15H29N3O2. The largest absolute Gasteiger partial charge is 0.444 e. The van der Waals surface area contributed by atoms with Gasteiger partial charge in [0.15, 0.2) is 0 Å². The van der Waals surface area contributed by atoms with Gasteiger partial charge in [-0.25, -0.2) is 4.79 Å². The van der Waals surface area contributed by atoms with Gasteiger partial charge >= 0.3 is 6.09 Å². The molecule has 0 radical (unpaired) electrons. The molecule has 0 heterocycles. The zero-order valence-electron chi connectivity index (χ0n) is 12.9. The summed E-state index contributed by atoms with van der Waals surface area (Å²) in [6.45, 7) is 5.66.